The number of hydrogen-bond acceptors (Lipinski definition) is 5. The molecule has 0 amide bonds. The Bertz CT molecular complexity index is 1080. The average Bonchev–Trinajstić information content (AvgIpc) is 3.18. The van der Waals surface area contributed by atoms with Gasteiger partial charge in [0.2, 0.25) is 0 Å². The van der Waals surface area contributed by atoms with Crippen LogP contribution in [0, 0.1) is 6.92 Å². The van der Waals surface area contributed by atoms with E-state index >= 15 is 0 Å². The zero-order valence-corrected chi connectivity index (χ0v) is 21.1. The van der Waals surface area contributed by atoms with E-state index in [-0.39, 0.29) is 0 Å². The standard InChI is InChI=1S/C26H32F3N5S/c1-19-7-8-22(18-30-19)24-31-32-25(33(24)2)35-17-5-15-34-14-4-3-6-20(13-16-34)21-9-11-23(12-10-21)26(27,28)29/h7-12,18,20H,3-6,13-17H2,1-2H3. The van der Waals surface area contributed by atoms with E-state index in [2.05, 4.69) is 20.1 Å². The molecule has 4 rings (SSSR count). The lowest BCUT2D eigenvalue weighted by Crippen LogP contribution is -2.30. The van der Waals surface area contributed by atoms with Crippen molar-refractivity contribution >= 4 is 11.8 Å². The topological polar surface area (TPSA) is 46.8 Å². The summed E-state index contributed by atoms with van der Waals surface area (Å²) in [5.74, 6) is 2.09. The first-order chi connectivity index (χ1) is 16.8. The van der Waals surface area contributed by atoms with Crippen LogP contribution in [0.3, 0.4) is 0 Å². The van der Waals surface area contributed by atoms with Crippen molar-refractivity contribution in [2.45, 2.75) is 56.3 Å². The monoisotopic (exact) mass is 503 g/mol. The third-order valence-corrected chi connectivity index (χ3v) is 7.74. The van der Waals surface area contributed by atoms with E-state index in [4.69, 9.17) is 0 Å². The smallest absolute Gasteiger partial charge is 0.305 e. The van der Waals surface area contributed by atoms with Gasteiger partial charge in [0.05, 0.1) is 5.56 Å². The minimum atomic E-state index is -4.28. The van der Waals surface area contributed by atoms with E-state index in [1.165, 1.54) is 12.1 Å². The van der Waals surface area contributed by atoms with Gasteiger partial charge in [-0.15, -0.1) is 10.2 Å². The van der Waals surface area contributed by atoms with Crippen LogP contribution in [0.4, 0.5) is 13.2 Å². The summed E-state index contributed by atoms with van der Waals surface area (Å²) >= 11 is 1.71. The summed E-state index contributed by atoms with van der Waals surface area (Å²) in [5, 5.41) is 9.60. The quantitative estimate of drug-likeness (QED) is 0.278. The number of halogens is 3. The van der Waals surface area contributed by atoms with Crippen LogP contribution in [0.2, 0.25) is 0 Å². The molecular formula is C26H32F3N5S. The summed E-state index contributed by atoms with van der Waals surface area (Å²) in [6.07, 6.45) is 2.85. The molecule has 1 aliphatic rings. The highest BCUT2D eigenvalue weighted by Gasteiger charge is 2.30. The highest BCUT2D eigenvalue weighted by Crippen LogP contribution is 2.33. The van der Waals surface area contributed by atoms with E-state index in [1.807, 2.05) is 36.9 Å². The van der Waals surface area contributed by atoms with Crippen molar-refractivity contribution < 1.29 is 13.2 Å². The number of aromatic nitrogens is 4. The van der Waals surface area contributed by atoms with Crippen molar-refractivity contribution in [3.05, 3.63) is 59.4 Å². The van der Waals surface area contributed by atoms with Gasteiger partial charge in [-0.2, -0.15) is 13.2 Å². The lowest BCUT2D eigenvalue weighted by molar-refractivity contribution is -0.137. The second kappa shape index (κ2) is 11.6. The van der Waals surface area contributed by atoms with Crippen LogP contribution in [-0.2, 0) is 13.2 Å². The van der Waals surface area contributed by atoms with Gasteiger partial charge in [0.15, 0.2) is 11.0 Å². The number of thioether (sulfide) groups is 1. The van der Waals surface area contributed by atoms with Gasteiger partial charge < -0.3 is 9.47 Å². The van der Waals surface area contributed by atoms with Crippen molar-refractivity contribution in [3.63, 3.8) is 0 Å². The minimum absolute atomic E-state index is 0.322. The minimum Gasteiger partial charge on any atom is -0.305 e. The molecule has 1 saturated heterocycles. The molecule has 0 N–H and O–H groups in total. The summed E-state index contributed by atoms with van der Waals surface area (Å²) in [5.41, 5.74) is 2.38. The normalized spacial score (nSPS) is 17.8. The molecule has 5 nitrogen and oxygen atoms in total. The highest BCUT2D eigenvalue weighted by atomic mass is 32.2. The maximum atomic E-state index is 12.9. The van der Waals surface area contributed by atoms with Gasteiger partial charge in [-0.25, -0.2) is 0 Å². The molecule has 9 heteroatoms. The lowest BCUT2D eigenvalue weighted by Gasteiger charge is -2.28. The fourth-order valence-electron chi connectivity index (χ4n) is 4.57. The number of alkyl halides is 3. The Labute approximate surface area is 209 Å². The van der Waals surface area contributed by atoms with Gasteiger partial charge in [-0.05, 0) is 88.0 Å². The van der Waals surface area contributed by atoms with Crippen molar-refractivity contribution in [2.75, 3.05) is 25.4 Å². The summed E-state index contributed by atoms with van der Waals surface area (Å²) in [4.78, 5) is 6.84. The molecular weight excluding hydrogens is 471 g/mol. The van der Waals surface area contributed by atoms with E-state index in [0.717, 1.165) is 85.3 Å². The van der Waals surface area contributed by atoms with E-state index in [1.54, 1.807) is 23.9 Å². The van der Waals surface area contributed by atoms with Crippen molar-refractivity contribution in [2.24, 2.45) is 7.05 Å². The molecule has 3 heterocycles. The third-order valence-electron chi connectivity index (χ3n) is 6.63. The molecule has 0 saturated carbocycles. The number of aryl methyl sites for hydroxylation is 1. The highest BCUT2D eigenvalue weighted by molar-refractivity contribution is 7.99. The Hall–Kier alpha value is -2.39. The molecule has 1 aliphatic heterocycles. The molecule has 2 aromatic heterocycles. The molecule has 1 fully saturated rings. The number of rotatable bonds is 7. The van der Waals surface area contributed by atoms with Gasteiger partial charge in [-0.3, -0.25) is 4.98 Å². The van der Waals surface area contributed by atoms with E-state index < -0.39 is 11.7 Å². The molecule has 1 unspecified atom stereocenters. The second-order valence-corrected chi connectivity index (χ2v) is 10.3. The van der Waals surface area contributed by atoms with Gasteiger partial charge in [0, 0.05) is 30.3 Å². The predicted octanol–water partition coefficient (Wildman–Crippen LogP) is 6.35. The molecule has 188 valence electrons. The Balaban J connectivity index is 1.25. The number of likely N-dealkylation sites (tertiary alicyclic amines) is 1. The van der Waals surface area contributed by atoms with Crippen LogP contribution in [0.5, 0.6) is 0 Å². The Morgan fingerprint density at radius 1 is 1.00 bits per heavy atom. The largest absolute Gasteiger partial charge is 0.416 e. The van der Waals surface area contributed by atoms with Crippen molar-refractivity contribution in [1.82, 2.24) is 24.6 Å². The zero-order valence-electron chi connectivity index (χ0n) is 20.3. The third kappa shape index (κ3) is 6.85. The second-order valence-electron chi connectivity index (χ2n) is 9.20. The molecule has 1 atom stereocenters. The van der Waals surface area contributed by atoms with Crippen LogP contribution in [0.25, 0.3) is 11.4 Å². The Morgan fingerprint density at radius 2 is 1.80 bits per heavy atom. The van der Waals surface area contributed by atoms with Gasteiger partial charge in [0.1, 0.15) is 0 Å². The summed E-state index contributed by atoms with van der Waals surface area (Å²) < 4.78 is 40.7. The first-order valence-electron chi connectivity index (χ1n) is 12.2. The maximum Gasteiger partial charge on any atom is 0.416 e. The molecule has 0 spiro atoms. The fourth-order valence-corrected chi connectivity index (χ4v) is 5.40. The van der Waals surface area contributed by atoms with Gasteiger partial charge in [0.25, 0.3) is 0 Å². The molecule has 3 aromatic rings. The first kappa shape index (κ1) is 25.7. The first-order valence-corrected chi connectivity index (χ1v) is 13.1. The van der Waals surface area contributed by atoms with Crippen LogP contribution >= 0.6 is 11.8 Å². The molecule has 35 heavy (non-hydrogen) atoms. The van der Waals surface area contributed by atoms with Crippen LogP contribution < -0.4 is 0 Å². The predicted molar refractivity (Wildman–Crippen MR) is 133 cm³/mol. The van der Waals surface area contributed by atoms with Crippen molar-refractivity contribution in [3.8, 4) is 11.4 Å². The number of hydrogen-bond donors (Lipinski definition) is 0. The lowest BCUT2D eigenvalue weighted by atomic mass is 9.88. The number of pyridine rings is 1. The van der Waals surface area contributed by atoms with E-state index in [9.17, 15) is 13.2 Å². The van der Waals surface area contributed by atoms with Crippen LogP contribution in [0.1, 0.15) is 54.8 Å². The number of nitrogens with zero attached hydrogens (tertiary/aromatic N) is 5. The summed E-state index contributed by atoms with van der Waals surface area (Å²) in [7, 11) is 1.98. The van der Waals surface area contributed by atoms with Crippen molar-refractivity contribution in [1.29, 1.82) is 0 Å². The summed E-state index contributed by atoms with van der Waals surface area (Å²) in [6.45, 7) is 5.03. The maximum absolute atomic E-state index is 12.9. The molecule has 0 aliphatic carbocycles. The van der Waals surface area contributed by atoms with Gasteiger partial charge >= 0.3 is 6.18 Å². The number of benzene rings is 1. The Morgan fingerprint density at radius 3 is 2.51 bits per heavy atom. The average molecular weight is 504 g/mol. The Kier molecular flexibility index (Phi) is 8.49. The molecule has 1 aromatic carbocycles. The summed E-state index contributed by atoms with van der Waals surface area (Å²) in [6, 6.07) is 9.76. The van der Waals surface area contributed by atoms with Gasteiger partial charge in [-0.1, -0.05) is 30.3 Å². The van der Waals surface area contributed by atoms with Crippen LogP contribution in [0.15, 0.2) is 47.8 Å². The fraction of sp³-hybridized carbons (Fsp3) is 0.500. The SMILES string of the molecule is Cc1ccc(-c2nnc(SCCCN3CCCCC(c4ccc(C(F)(F)F)cc4)CC3)n2C)cn1. The van der Waals surface area contributed by atoms with Crippen LogP contribution in [-0.4, -0.2) is 50.0 Å². The van der Waals surface area contributed by atoms with E-state index in [0.29, 0.717) is 5.92 Å². The molecule has 0 radical (unpaired) electrons. The molecule has 0 bridgehead atoms. The zero-order chi connectivity index (χ0) is 24.8.